The SMILES string of the molecule is CCOc1ccc(C2=NCCN2)cc1Br. The van der Waals surface area contributed by atoms with Crippen LogP contribution in [-0.2, 0) is 0 Å². The summed E-state index contributed by atoms with van der Waals surface area (Å²) in [7, 11) is 0. The summed E-state index contributed by atoms with van der Waals surface area (Å²) in [6.45, 7) is 4.44. The molecule has 80 valence electrons. The first kappa shape index (κ1) is 10.5. The minimum atomic E-state index is 0.678. The normalized spacial score (nSPS) is 14.7. The summed E-state index contributed by atoms with van der Waals surface area (Å²) in [5.74, 6) is 1.85. The fourth-order valence-corrected chi connectivity index (χ4v) is 2.01. The van der Waals surface area contributed by atoms with Crippen molar-refractivity contribution >= 4 is 21.8 Å². The minimum absolute atomic E-state index is 0.678. The van der Waals surface area contributed by atoms with Gasteiger partial charge in [0.1, 0.15) is 11.6 Å². The lowest BCUT2D eigenvalue weighted by atomic mass is 10.2. The van der Waals surface area contributed by atoms with Crippen LogP contribution in [0.3, 0.4) is 0 Å². The highest BCUT2D eigenvalue weighted by atomic mass is 79.9. The third-order valence-electron chi connectivity index (χ3n) is 2.18. The maximum atomic E-state index is 5.45. The van der Waals surface area contributed by atoms with Crippen LogP contribution in [0.5, 0.6) is 5.75 Å². The number of aliphatic imine (C=N–C) groups is 1. The Balaban J connectivity index is 2.24. The van der Waals surface area contributed by atoms with E-state index in [0.29, 0.717) is 6.61 Å². The van der Waals surface area contributed by atoms with E-state index in [2.05, 4.69) is 26.2 Å². The molecule has 0 aromatic heterocycles. The van der Waals surface area contributed by atoms with E-state index in [4.69, 9.17) is 4.74 Å². The second kappa shape index (κ2) is 4.66. The summed E-state index contributed by atoms with van der Waals surface area (Å²) in [6.07, 6.45) is 0. The van der Waals surface area contributed by atoms with Crippen molar-refractivity contribution in [2.45, 2.75) is 6.92 Å². The second-order valence-corrected chi connectivity index (χ2v) is 4.09. The topological polar surface area (TPSA) is 33.6 Å². The zero-order valence-electron chi connectivity index (χ0n) is 8.59. The Bertz CT molecular complexity index is 390. The summed E-state index contributed by atoms with van der Waals surface area (Å²) in [5.41, 5.74) is 1.10. The summed E-state index contributed by atoms with van der Waals surface area (Å²) >= 11 is 3.49. The molecule has 1 heterocycles. The number of nitrogens with one attached hydrogen (secondary N) is 1. The van der Waals surface area contributed by atoms with Gasteiger partial charge >= 0.3 is 0 Å². The van der Waals surface area contributed by atoms with Gasteiger partial charge in [0, 0.05) is 12.1 Å². The average molecular weight is 269 g/mol. The van der Waals surface area contributed by atoms with Gasteiger partial charge in [-0.15, -0.1) is 0 Å². The zero-order chi connectivity index (χ0) is 10.7. The lowest BCUT2D eigenvalue weighted by Crippen LogP contribution is -2.19. The zero-order valence-corrected chi connectivity index (χ0v) is 10.2. The summed E-state index contributed by atoms with van der Waals surface area (Å²) in [6, 6.07) is 6.01. The molecule has 0 amide bonds. The van der Waals surface area contributed by atoms with Gasteiger partial charge in [-0.05, 0) is 41.1 Å². The molecular weight excluding hydrogens is 256 g/mol. The van der Waals surface area contributed by atoms with Crippen LogP contribution < -0.4 is 10.1 Å². The number of amidine groups is 1. The number of halogens is 1. The lowest BCUT2D eigenvalue weighted by molar-refractivity contribution is 0.338. The van der Waals surface area contributed by atoms with Gasteiger partial charge in [0.25, 0.3) is 0 Å². The maximum absolute atomic E-state index is 5.45. The van der Waals surface area contributed by atoms with Gasteiger partial charge in [0.05, 0.1) is 17.6 Å². The van der Waals surface area contributed by atoms with E-state index in [1.165, 1.54) is 0 Å². The Hall–Kier alpha value is -1.03. The van der Waals surface area contributed by atoms with Gasteiger partial charge in [-0.1, -0.05) is 0 Å². The van der Waals surface area contributed by atoms with E-state index in [1.807, 2.05) is 25.1 Å². The Kier molecular flexibility index (Phi) is 3.26. The van der Waals surface area contributed by atoms with Crippen LogP contribution in [0.2, 0.25) is 0 Å². The van der Waals surface area contributed by atoms with Gasteiger partial charge in [0.15, 0.2) is 0 Å². The van der Waals surface area contributed by atoms with Crippen molar-refractivity contribution in [1.82, 2.24) is 5.32 Å². The Morgan fingerprint density at radius 3 is 3.00 bits per heavy atom. The molecule has 0 saturated heterocycles. The van der Waals surface area contributed by atoms with Crippen LogP contribution in [0, 0.1) is 0 Å². The van der Waals surface area contributed by atoms with Crippen LogP contribution in [-0.4, -0.2) is 25.5 Å². The molecule has 0 radical (unpaired) electrons. The predicted octanol–water partition coefficient (Wildman–Crippen LogP) is 2.20. The number of hydrogen-bond acceptors (Lipinski definition) is 3. The Morgan fingerprint density at radius 2 is 2.40 bits per heavy atom. The molecule has 1 aromatic rings. The van der Waals surface area contributed by atoms with Crippen molar-refractivity contribution in [3.05, 3.63) is 28.2 Å². The highest BCUT2D eigenvalue weighted by molar-refractivity contribution is 9.10. The molecule has 0 bridgehead atoms. The molecule has 0 saturated carbocycles. The Morgan fingerprint density at radius 1 is 1.53 bits per heavy atom. The van der Waals surface area contributed by atoms with Gasteiger partial charge in [-0.3, -0.25) is 4.99 Å². The standard InChI is InChI=1S/C11H13BrN2O/c1-2-15-10-4-3-8(7-9(10)12)11-13-5-6-14-11/h3-4,7H,2,5-6H2,1H3,(H,13,14). The highest BCUT2D eigenvalue weighted by Crippen LogP contribution is 2.26. The van der Waals surface area contributed by atoms with Crippen molar-refractivity contribution in [3.8, 4) is 5.75 Å². The molecular formula is C11H13BrN2O. The van der Waals surface area contributed by atoms with Gasteiger partial charge in [0.2, 0.25) is 0 Å². The van der Waals surface area contributed by atoms with Gasteiger partial charge < -0.3 is 10.1 Å². The molecule has 0 unspecified atom stereocenters. The second-order valence-electron chi connectivity index (χ2n) is 3.24. The van der Waals surface area contributed by atoms with E-state index in [0.717, 1.165) is 34.7 Å². The lowest BCUT2D eigenvalue weighted by Gasteiger charge is -2.08. The van der Waals surface area contributed by atoms with Gasteiger partial charge in [-0.25, -0.2) is 0 Å². The molecule has 1 aliphatic heterocycles. The van der Waals surface area contributed by atoms with Gasteiger partial charge in [-0.2, -0.15) is 0 Å². The number of benzene rings is 1. The van der Waals surface area contributed by atoms with Crippen molar-refractivity contribution < 1.29 is 4.74 Å². The van der Waals surface area contributed by atoms with Crippen LogP contribution >= 0.6 is 15.9 Å². The number of ether oxygens (including phenoxy) is 1. The van der Waals surface area contributed by atoms with E-state index in [-0.39, 0.29) is 0 Å². The first-order valence-corrected chi connectivity index (χ1v) is 5.81. The van der Waals surface area contributed by atoms with E-state index >= 15 is 0 Å². The monoisotopic (exact) mass is 268 g/mol. The Labute approximate surface area is 97.7 Å². The number of rotatable bonds is 3. The van der Waals surface area contributed by atoms with Crippen LogP contribution in [0.25, 0.3) is 0 Å². The molecule has 3 nitrogen and oxygen atoms in total. The molecule has 2 rings (SSSR count). The minimum Gasteiger partial charge on any atom is -0.493 e. The average Bonchev–Trinajstić information content (AvgIpc) is 2.74. The quantitative estimate of drug-likeness (QED) is 0.912. The third kappa shape index (κ3) is 2.31. The van der Waals surface area contributed by atoms with Crippen molar-refractivity contribution in [2.24, 2.45) is 4.99 Å². The maximum Gasteiger partial charge on any atom is 0.133 e. The first-order valence-electron chi connectivity index (χ1n) is 5.02. The van der Waals surface area contributed by atoms with Crippen molar-refractivity contribution in [3.63, 3.8) is 0 Å². The van der Waals surface area contributed by atoms with Crippen LogP contribution in [0.1, 0.15) is 12.5 Å². The first-order chi connectivity index (χ1) is 7.31. The molecule has 1 aromatic carbocycles. The smallest absolute Gasteiger partial charge is 0.133 e. The molecule has 0 spiro atoms. The summed E-state index contributed by atoms with van der Waals surface area (Å²) in [4.78, 5) is 4.37. The van der Waals surface area contributed by atoms with E-state index < -0.39 is 0 Å². The largest absolute Gasteiger partial charge is 0.493 e. The molecule has 0 atom stereocenters. The fraction of sp³-hybridized carbons (Fsp3) is 0.364. The molecule has 15 heavy (non-hydrogen) atoms. The molecule has 4 heteroatoms. The molecule has 1 aliphatic rings. The fourth-order valence-electron chi connectivity index (χ4n) is 1.51. The predicted molar refractivity (Wildman–Crippen MR) is 64.7 cm³/mol. The van der Waals surface area contributed by atoms with Crippen molar-refractivity contribution in [1.29, 1.82) is 0 Å². The molecule has 0 fully saturated rings. The highest BCUT2D eigenvalue weighted by Gasteiger charge is 2.09. The van der Waals surface area contributed by atoms with E-state index in [1.54, 1.807) is 0 Å². The van der Waals surface area contributed by atoms with Crippen LogP contribution in [0.15, 0.2) is 27.7 Å². The van der Waals surface area contributed by atoms with E-state index in [9.17, 15) is 0 Å². The molecule has 1 N–H and O–H groups in total. The third-order valence-corrected chi connectivity index (χ3v) is 2.80. The summed E-state index contributed by atoms with van der Waals surface area (Å²) in [5, 5.41) is 3.24. The number of hydrogen-bond donors (Lipinski definition) is 1. The number of nitrogens with zero attached hydrogens (tertiary/aromatic N) is 1. The van der Waals surface area contributed by atoms with Crippen LogP contribution in [0.4, 0.5) is 0 Å². The van der Waals surface area contributed by atoms with Crippen molar-refractivity contribution in [2.75, 3.05) is 19.7 Å². The summed E-state index contributed by atoms with van der Waals surface area (Å²) < 4.78 is 6.42. The molecule has 0 aliphatic carbocycles.